The quantitative estimate of drug-likeness (QED) is 0.630. The van der Waals surface area contributed by atoms with Gasteiger partial charge in [-0.1, -0.05) is 42.5 Å². The number of phenolic OH excluding ortho intramolecular Hbond substituents is 1. The minimum Gasteiger partial charge on any atom is -0.507 e. The van der Waals surface area contributed by atoms with Crippen molar-refractivity contribution >= 4 is 39.7 Å². The monoisotopic (exact) mass is 322 g/mol. The molecule has 23 heavy (non-hydrogen) atoms. The zero-order chi connectivity index (χ0) is 16.2. The predicted molar refractivity (Wildman–Crippen MR) is 95.7 cm³/mol. The van der Waals surface area contributed by atoms with Gasteiger partial charge in [-0.3, -0.25) is 10.1 Å². The Hall–Kier alpha value is -2.92. The fraction of sp³-hybridized carbons (Fsp3) is 0. The van der Waals surface area contributed by atoms with Crippen LogP contribution in [0.2, 0.25) is 0 Å². The van der Waals surface area contributed by atoms with Crippen LogP contribution in [0.1, 0.15) is 10.4 Å². The molecule has 0 atom stereocenters. The highest BCUT2D eigenvalue weighted by Crippen LogP contribution is 2.29. The van der Waals surface area contributed by atoms with E-state index >= 15 is 0 Å². The molecule has 3 rings (SSSR count). The summed E-state index contributed by atoms with van der Waals surface area (Å²) in [6.07, 6.45) is 0. The van der Waals surface area contributed by atoms with Crippen LogP contribution in [-0.4, -0.2) is 16.1 Å². The van der Waals surface area contributed by atoms with E-state index in [2.05, 4.69) is 10.6 Å². The number of benzene rings is 3. The van der Waals surface area contributed by atoms with Gasteiger partial charge in [0.2, 0.25) is 0 Å². The molecule has 1 amide bonds. The summed E-state index contributed by atoms with van der Waals surface area (Å²) in [5, 5.41) is 17.3. The zero-order valence-corrected chi connectivity index (χ0v) is 12.9. The van der Waals surface area contributed by atoms with Crippen molar-refractivity contribution in [1.82, 2.24) is 5.32 Å². The van der Waals surface area contributed by atoms with Gasteiger partial charge in [0.25, 0.3) is 5.91 Å². The molecule has 0 aromatic heterocycles. The summed E-state index contributed by atoms with van der Waals surface area (Å²) >= 11 is 5.20. The lowest BCUT2D eigenvalue weighted by atomic mass is 10.1. The lowest BCUT2D eigenvalue weighted by Gasteiger charge is -2.12. The average Bonchev–Trinajstić information content (AvgIpc) is 2.56. The van der Waals surface area contributed by atoms with Gasteiger partial charge in [-0.05, 0) is 36.5 Å². The van der Waals surface area contributed by atoms with Crippen LogP contribution in [0.3, 0.4) is 0 Å². The number of amides is 1. The molecule has 0 fully saturated rings. The van der Waals surface area contributed by atoms with Crippen molar-refractivity contribution < 1.29 is 9.90 Å². The van der Waals surface area contributed by atoms with Gasteiger partial charge in [0.15, 0.2) is 5.11 Å². The lowest BCUT2D eigenvalue weighted by molar-refractivity contribution is 0.0977. The van der Waals surface area contributed by atoms with Gasteiger partial charge in [-0.15, -0.1) is 0 Å². The number of nitrogens with one attached hydrogen (secondary N) is 2. The van der Waals surface area contributed by atoms with Gasteiger partial charge in [0.05, 0.1) is 0 Å². The first kappa shape index (κ1) is 15.0. The highest BCUT2D eigenvalue weighted by molar-refractivity contribution is 7.80. The third kappa shape index (κ3) is 3.30. The summed E-state index contributed by atoms with van der Waals surface area (Å²) in [7, 11) is 0. The maximum atomic E-state index is 12.1. The molecule has 3 N–H and O–H groups in total. The maximum Gasteiger partial charge on any atom is 0.257 e. The SMILES string of the molecule is O=C(NC(=S)Nc1cccc2c(O)cccc12)c1ccccc1. The summed E-state index contributed by atoms with van der Waals surface area (Å²) in [5.41, 5.74) is 1.25. The third-order valence-corrected chi connectivity index (χ3v) is 3.61. The van der Waals surface area contributed by atoms with E-state index in [1.807, 2.05) is 30.3 Å². The van der Waals surface area contributed by atoms with E-state index in [4.69, 9.17) is 12.2 Å². The molecule has 0 saturated heterocycles. The number of anilines is 1. The van der Waals surface area contributed by atoms with Gasteiger partial charge in [0.1, 0.15) is 5.75 Å². The second-order valence-electron chi connectivity index (χ2n) is 4.95. The molecule has 0 aliphatic carbocycles. The van der Waals surface area contributed by atoms with Crippen LogP contribution in [0.5, 0.6) is 5.75 Å². The molecular weight excluding hydrogens is 308 g/mol. The van der Waals surface area contributed by atoms with Crippen molar-refractivity contribution in [2.75, 3.05) is 5.32 Å². The van der Waals surface area contributed by atoms with E-state index in [1.165, 1.54) is 0 Å². The number of fused-ring (bicyclic) bond motifs is 1. The van der Waals surface area contributed by atoms with Crippen LogP contribution in [0.15, 0.2) is 66.7 Å². The van der Waals surface area contributed by atoms with Gasteiger partial charge in [0, 0.05) is 22.0 Å². The molecule has 3 aromatic carbocycles. The molecule has 4 nitrogen and oxygen atoms in total. The number of hydrogen-bond donors (Lipinski definition) is 3. The second kappa shape index (κ2) is 6.46. The second-order valence-corrected chi connectivity index (χ2v) is 5.36. The molecule has 0 radical (unpaired) electrons. The van der Waals surface area contributed by atoms with Crippen molar-refractivity contribution in [2.45, 2.75) is 0 Å². The van der Waals surface area contributed by atoms with Gasteiger partial charge >= 0.3 is 0 Å². The first-order valence-electron chi connectivity index (χ1n) is 7.03. The normalized spacial score (nSPS) is 10.3. The first-order chi connectivity index (χ1) is 11.1. The van der Waals surface area contributed by atoms with E-state index < -0.39 is 0 Å². The largest absolute Gasteiger partial charge is 0.507 e. The average molecular weight is 322 g/mol. The van der Waals surface area contributed by atoms with E-state index in [9.17, 15) is 9.90 Å². The van der Waals surface area contributed by atoms with Gasteiger partial charge in [-0.25, -0.2) is 0 Å². The van der Waals surface area contributed by atoms with E-state index in [1.54, 1.807) is 36.4 Å². The van der Waals surface area contributed by atoms with Crippen LogP contribution >= 0.6 is 12.2 Å². The Morgan fingerprint density at radius 3 is 2.35 bits per heavy atom. The molecule has 0 heterocycles. The standard InChI is InChI=1S/C18H14N2O2S/c21-16-11-5-8-13-14(16)9-4-10-15(13)19-18(23)20-17(22)12-6-2-1-3-7-12/h1-11,21H,(H2,19,20,22,23). The summed E-state index contributed by atoms with van der Waals surface area (Å²) < 4.78 is 0. The molecule has 0 saturated carbocycles. The minimum atomic E-state index is -0.272. The van der Waals surface area contributed by atoms with Crippen LogP contribution < -0.4 is 10.6 Å². The van der Waals surface area contributed by atoms with Gasteiger partial charge < -0.3 is 10.4 Å². The minimum absolute atomic E-state index is 0.199. The Morgan fingerprint density at radius 1 is 0.870 bits per heavy atom. The molecule has 0 aliphatic heterocycles. The number of aromatic hydroxyl groups is 1. The van der Waals surface area contributed by atoms with Crippen molar-refractivity contribution in [3.63, 3.8) is 0 Å². The van der Waals surface area contributed by atoms with Crippen LogP contribution in [0, 0.1) is 0 Å². The molecule has 0 unspecified atom stereocenters. The Kier molecular flexibility index (Phi) is 4.21. The van der Waals surface area contributed by atoms with E-state index in [0.29, 0.717) is 5.56 Å². The predicted octanol–water partition coefficient (Wildman–Crippen LogP) is 3.67. The number of hydrogen-bond acceptors (Lipinski definition) is 3. The van der Waals surface area contributed by atoms with E-state index in [0.717, 1.165) is 16.5 Å². The third-order valence-electron chi connectivity index (χ3n) is 3.41. The fourth-order valence-electron chi connectivity index (χ4n) is 2.32. The maximum absolute atomic E-state index is 12.1. The summed E-state index contributed by atoms with van der Waals surface area (Å²) in [4.78, 5) is 12.1. The topological polar surface area (TPSA) is 61.4 Å². The lowest BCUT2D eigenvalue weighted by Crippen LogP contribution is -2.34. The zero-order valence-electron chi connectivity index (χ0n) is 12.1. The fourth-order valence-corrected chi connectivity index (χ4v) is 2.52. The Balaban J connectivity index is 1.79. The highest BCUT2D eigenvalue weighted by Gasteiger charge is 2.09. The molecule has 0 aliphatic rings. The Morgan fingerprint density at radius 2 is 1.57 bits per heavy atom. The van der Waals surface area contributed by atoms with E-state index in [-0.39, 0.29) is 16.8 Å². The number of carbonyl (C=O) groups excluding carboxylic acids is 1. The first-order valence-corrected chi connectivity index (χ1v) is 7.44. The van der Waals surface area contributed by atoms with Crippen molar-refractivity contribution in [3.05, 3.63) is 72.3 Å². The van der Waals surface area contributed by atoms with Crippen LogP contribution in [0.25, 0.3) is 10.8 Å². The Bertz CT molecular complexity index is 879. The number of carbonyl (C=O) groups is 1. The molecule has 0 spiro atoms. The molecule has 0 bridgehead atoms. The smallest absolute Gasteiger partial charge is 0.257 e. The summed E-state index contributed by atoms with van der Waals surface area (Å²) in [6, 6.07) is 19.6. The Labute approximate surface area is 138 Å². The molecule has 114 valence electrons. The van der Waals surface area contributed by atoms with Crippen LogP contribution in [-0.2, 0) is 0 Å². The van der Waals surface area contributed by atoms with Crippen LogP contribution in [0.4, 0.5) is 5.69 Å². The number of rotatable bonds is 2. The van der Waals surface area contributed by atoms with Crippen molar-refractivity contribution in [3.8, 4) is 5.75 Å². The van der Waals surface area contributed by atoms with Gasteiger partial charge in [-0.2, -0.15) is 0 Å². The van der Waals surface area contributed by atoms with Crippen molar-refractivity contribution in [2.24, 2.45) is 0 Å². The highest BCUT2D eigenvalue weighted by atomic mass is 32.1. The molecule has 3 aromatic rings. The summed E-state index contributed by atoms with van der Waals surface area (Å²) in [6.45, 7) is 0. The molecular formula is C18H14N2O2S. The summed E-state index contributed by atoms with van der Waals surface area (Å²) in [5.74, 6) is -0.0726. The number of phenols is 1. The van der Waals surface area contributed by atoms with Crippen molar-refractivity contribution in [1.29, 1.82) is 0 Å². The molecule has 5 heteroatoms. The number of thiocarbonyl (C=S) groups is 1.